The number of aromatic nitrogens is 2. The Balaban J connectivity index is 1.37. The fourth-order valence-corrected chi connectivity index (χ4v) is 4.00. The van der Waals surface area contributed by atoms with E-state index in [-0.39, 0.29) is 5.91 Å². The van der Waals surface area contributed by atoms with Gasteiger partial charge >= 0.3 is 0 Å². The first-order valence-corrected chi connectivity index (χ1v) is 9.58. The molecule has 0 N–H and O–H groups in total. The molecule has 4 heterocycles. The van der Waals surface area contributed by atoms with Crippen LogP contribution in [0.5, 0.6) is 0 Å². The second-order valence-corrected chi connectivity index (χ2v) is 7.34. The number of rotatable bonds is 3. The van der Waals surface area contributed by atoms with Gasteiger partial charge in [0, 0.05) is 71.6 Å². The molecule has 0 atom stereocenters. The molecule has 1 aromatic rings. The van der Waals surface area contributed by atoms with Crippen molar-refractivity contribution in [3.05, 3.63) is 12.4 Å². The van der Waals surface area contributed by atoms with Gasteiger partial charge in [-0.3, -0.25) is 9.69 Å². The lowest BCUT2D eigenvalue weighted by molar-refractivity contribution is -0.129. The number of hydrogen-bond donors (Lipinski definition) is 0. The normalized spacial score (nSPS) is 23.6. The monoisotopic (exact) mass is 360 g/mol. The van der Waals surface area contributed by atoms with Crippen LogP contribution in [-0.4, -0.2) is 97.8 Å². The smallest absolute Gasteiger partial charge is 0.241 e. The second kappa shape index (κ2) is 7.75. The Kier molecular flexibility index (Phi) is 5.21. The topological polar surface area (TPSA) is 65.0 Å². The van der Waals surface area contributed by atoms with Crippen LogP contribution in [0.4, 0.5) is 11.6 Å². The third-order valence-electron chi connectivity index (χ3n) is 5.76. The first-order chi connectivity index (χ1) is 12.7. The van der Waals surface area contributed by atoms with Crippen molar-refractivity contribution < 1.29 is 9.53 Å². The number of likely N-dealkylation sites (N-methyl/N-ethyl adjacent to an activating group) is 1. The number of nitrogens with zero attached hydrogens (tertiary/aromatic N) is 6. The van der Waals surface area contributed by atoms with Crippen molar-refractivity contribution in [1.82, 2.24) is 19.8 Å². The van der Waals surface area contributed by atoms with Gasteiger partial charge in [0.1, 0.15) is 18.0 Å². The summed E-state index contributed by atoms with van der Waals surface area (Å²) in [5, 5.41) is 0. The van der Waals surface area contributed by atoms with E-state index in [4.69, 9.17) is 4.74 Å². The lowest BCUT2D eigenvalue weighted by atomic mass is 10.1. The summed E-state index contributed by atoms with van der Waals surface area (Å²) in [6.07, 6.45) is 3.92. The summed E-state index contributed by atoms with van der Waals surface area (Å²) >= 11 is 0. The number of carbonyl (C=O) groups excluding carboxylic acids is 1. The van der Waals surface area contributed by atoms with Gasteiger partial charge in [0.2, 0.25) is 5.91 Å². The van der Waals surface area contributed by atoms with Crippen LogP contribution < -0.4 is 9.80 Å². The van der Waals surface area contributed by atoms with Gasteiger partial charge in [-0.2, -0.15) is 0 Å². The highest BCUT2D eigenvalue weighted by Crippen LogP contribution is 2.22. The summed E-state index contributed by atoms with van der Waals surface area (Å²) in [6.45, 7) is 7.83. The average Bonchev–Trinajstić information content (AvgIpc) is 2.71. The van der Waals surface area contributed by atoms with Crippen molar-refractivity contribution in [3.8, 4) is 0 Å². The summed E-state index contributed by atoms with van der Waals surface area (Å²) in [6, 6.07) is 2.70. The molecule has 1 aromatic heterocycles. The molecule has 0 unspecified atom stereocenters. The third-order valence-corrected chi connectivity index (χ3v) is 5.76. The van der Waals surface area contributed by atoms with Crippen molar-refractivity contribution >= 4 is 17.5 Å². The van der Waals surface area contributed by atoms with Crippen LogP contribution in [0.1, 0.15) is 12.8 Å². The van der Waals surface area contributed by atoms with E-state index in [1.54, 1.807) is 11.2 Å². The Morgan fingerprint density at radius 2 is 1.62 bits per heavy atom. The quantitative estimate of drug-likeness (QED) is 0.755. The molecule has 0 spiro atoms. The predicted octanol–water partition coefficient (Wildman–Crippen LogP) is 0.0560. The van der Waals surface area contributed by atoms with Gasteiger partial charge in [-0.25, -0.2) is 9.97 Å². The van der Waals surface area contributed by atoms with Crippen LogP contribution in [-0.2, 0) is 9.53 Å². The highest BCUT2D eigenvalue weighted by molar-refractivity contribution is 5.82. The summed E-state index contributed by atoms with van der Waals surface area (Å²) in [7, 11) is 1.85. The van der Waals surface area contributed by atoms with Crippen molar-refractivity contribution in [2.75, 3.05) is 75.9 Å². The Morgan fingerprint density at radius 3 is 2.31 bits per heavy atom. The van der Waals surface area contributed by atoms with Crippen LogP contribution in [0.25, 0.3) is 0 Å². The Hall–Kier alpha value is -1.93. The minimum Gasteiger partial charge on any atom is -0.381 e. The molecule has 8 heteroatoms. The summed E-state index contributed by atoms with van der Waals surface area (Å²) < 4.78 is 5.48. The molecule has 8 nitrogen and oxygen atoms in total. The van der Waals surface area contributed by atoms with Crippen LogP contribution >= 0.6 is 0 Å². The van der Waals surface area contributed by atoms with Crippen molar-refractivity contribution in [2.24, 2.45) is 0 Å². The lowest BCUT2D eigenvalue weighted by Gasteiger charge is -2.41. The van der Waals surface area contributed by atoms with Crippen molar-refractivity contribution in [1.29, 1.82) is 0 Å². The highest BCUT2D eigenvalue weighted by Gasteiger charge is 2.27. The minimum absolute atomic E-state index is 0.140. The summed E-state index contributed by atoms with van der Waals surface area (Å²) in [5.74, 6) is 1.96. The predicted molar refractivity (Wildman–Crippen MR) is 99.5 cm³/mol. The van der Waals surface area contributed by atoms with Gasteiger partial charge in [0.15, 0.2) is 0 Å². The molecule has 142 valence electrons. The zero-order valence-electron chi connectivity index (χ0n) is 15.5. The molecule has 0 radical (unpaired) electrons. The van der Waals surface area contributed by atoms with E-state index in [0.717, 1.165) is 77.0 Å². The Morgan fingerprint density at radius 1 is 0.962 bits per heavy atom. The number of amides is 1. The second-order valence-electron chi connectivity index (χ2n) is 7.34. The number of ether oxygens (including phenoxy) is 1. The largest absolute Gasteiger partial charge is 0.381 e. The average molecular weight is 360 g/mol. The molecular formula is C18H28N6O2. The van der Waals surface area contributed by atoms with E-state index < -0.39 is 0 Å². The standard InChI is InChI=1S/C18H28N6O2/c1-21-4-5-24(13-18(21)25)17-12-16(19-14-20-17)23-8-6-22(7-9-23)15-2-10-26-11-3-15/h12,14-15H,2-11,13H2,1H3. The summed E-state index contributed by atoms with van der Waals surface area (Å²) in [4.78, 5) is 29.6. The van der Waals surface area contributed by atoms with Crippen LogP contribution in [0.15, 0.2) is 12.4 Å². The van der Waals surface area contributed by atoms with Crippen molar-refractivity contribution in [2.45, 2.75) is 18.9 Å². The number of hydrogen-bond acceptors (Lipinski definition) is 7. The maximum atomic E-state index is 12.0. The fraction of sp³-hybridized carbons (Fsp3) is 0.722. The van der Waals surface area contributed by atoms with Gasteiger partial charge in [-0.05, 0) is 12.8 Å². The van der Waals surface area contributed by atoms with E-state index in [1.165, 1.54) is 0 Å². The Labute approximate surface area is 154 Å². The number of carbonyl (C=O) groups is 1. The molecule has 0 bridgehead atoms. The number of piperazine rings is 2. The van der Waals surface area contributed by atoms with Crippen LogP contribution in [0.2, 0.25) is 0 Å². The first kappa shape index (κ1) is 17.5. The van der Waals surface area contributed by atoms with Gasteiger partial charge in [-0.1, -0.05) is 0 Å². The van der Waals surface area contributed by atoms with Crippen LogP contribution in [0, 0.1) is 0 Å². The molecule has 0 aromatic carbocycles. The zero-order chi connectivity index (χ0) is 17.9. The molecule has 3 aliphatic rings. The Bertz CT molecular complexity index is 628. The molecule has 3 aliphatic heterocycles. The summed E-state index contributed by atoms with van der Waals surface area (Å²) in [5.41, 5.74) is 0. The van der Waals surface area contributed by atoms with Crippen LogP contribution in [0.3, 0.4) is 0 Å². The molecule has 3 saturated heterocycles. The molecule has 4 rings (SSSR count). The van der Waals surface area contributed by atoms with Gasteiger partial charge in [0.05, 0.1) is 6.54 Å². The fourth-order valence-electron chi connectivity index (χ4n) is 4.00. The van der Waals surface area contributed by atoms with Gasteiger partial charge in [-0.15, -0.1) is 0 Å². The van der Waals surface area contributed by atoms with E-state index in [1.807, 2.05) is 18.0 Å². The first-order valence-electron chi connectivity index (χ1n) is 9.58. The van der Waals surface area contributed by atoms with E-state index in [0.29, 0.717) is 12.6 Å². The van der Waals surface area contributed by atoms with Gasteiger partial charge < -0.3 is 19.4 Å². The maximum Gasteiger partial charge on any atom is 0.241 e. The molecule has 0 aliphatic carbocycles. The number of anilines is 2. The third kappa shape index (κ3) is 3.76. The maximum absolute atomic E-state index is 12.0. The molecule has 0 saturated carbocycles. The molecular weight excluding hydrogens is 332 g/mol. The van der Waals surface area contributed by atoms with E-state index in [2.05, 4.69) is 19.8 Å². The minimum atomic E-state index is 0.140. The van der Waals surface area contributed by atoms with E-state index in [9.17, 15) is 4.79 Å². The van der Waals surface area contributed by atoms with Crippen molar-refractivity contribution in [3.63, 3.8) is 0 Å². The zero-order valence-corrected chi connectivity index (χ0v) is 15.5. The molecule has 26 heavy (non-hydrogen) atoms. The lowest BCUT2D eigenvalue weighted by Crippen LogP contribution is -2.52. The van der Waals surface area contributed by atoms with Gasteiger partial charge in [0.25, 0.3) is 0 Å². The van der Waals surface area contributed by atoms with E-state index >= 15 is 0 Å². The SMILES string of the molecule is CN1CCN(c2cc(N3CCN(C4CCOCC4)CC3)ncn2)CC1=O. The molecule has 1 amide bonds. The highest BCUT2D eigenvalue weighted by atomic mass is 16.5. The molecule has 3 fully saturated rings.